The van der Waals surface area contributed by atoms with Gasteiger partial charge < -0.3 is 15.4 Å². The minimum Gasteiger partial charge on any atom is -0.492 e. The Morgan fingerprint density at radius 2 is 1.87 bits per heavy atom. The summed E-state index contributed by atoms with van der Waals surface area (Å²) in [6, 6.07) is 20.3. The number of amides is 2. The Hall–Kier alpha value is -3.31. The Balaban J connectivity index is 1.39. The van der Waals surface area contributed by atoms with Crippen LogP contribution in [0.5, 0.6) is 5.75 Å². The van der Waals surface area contributed by atoms with Gasteiger partial charge >= 0.3 is 0 Å². The smallest absolute Gasteiger partial charge is 0.255 e. The second-order valence-electron chi connectivity index (χ2n) is 7.70. The Bertz CT molecular complexity index is 1110. The molecule has 31 heavy (non-hydrogen) atoms. The maximum Gasteiger partial charge on any atom is 0.255 e. The number of ether oxygens (including phenoxy) is 1. The molecule has 1 aliphatic rings. The minimum atomic E-state index is -0.281. The van der Waals surface area contributed by atoms with Crippen molar-refractivity contribution in [2.45, 2.75) is 19.9 Å². The molecule has 1 heterocycles. The van der Waals surface area contributed by atoms with Crippen molar-refractivity contribution >= 4 is 29.1 Å². The number of hydrogen-bond donors (Lipinski definition) is 2. The van der Waals surface area contributed by atoms with Gasteiger partial charge in [0.15, 0.2) is 0 Å². The Kier molecular flexibility index (Phi) is 6.23. The van der Waals surface area contributed by atoms with Gasteiger partial charge in [0.1, 0.15) is 12.4 Å². The number of hydrogen-bond acceptors (Lipinski definition) is 3. The molecule has 4 rings (SSSR count). The summed E-state index contributed by atoms with van der Waals surface area (Å²) in [7, 11) is 0. The van der Waals surface area contributed by atoms with Gasteiger partial charge in [-0.25, -0.2) is 0 Å². The first-order chi connectivity index (χ1) is 15.0. The van der Waals surface area contributed by atoms with E-state index < -0.39 is 0 Å². The Morgan fingerprint density at radius 1 is 1.06 bits per heavy atom. The average molecular weight is 435 g/mol. The van der Waals surface area contributed by atoms with Crippen LogP contribution >= 0.6 is 11.6 Å². The van der Waals surface area contributed by atoms with Crippen molar-refractivity contribution in [3.63, 3.8) is 0 Å². The number of halogens is 1. The van der Waals surface area contributed by atoms with Crippen molar-refractivity contribution < 1.29 is 14.3 Å². The van der Waals surface area contributed by atoms with Crippen LogP contribution in [0.15, 0.2) is 66.7 Å². The molecular weight excluding hydrogens is 412 g/mol. The Morgan fingerprint density at radius 3 is 2.65 bits per heavy atom. The topological polar surface area (TPSA) is 67.4 Å². The SMILES string of the molecule is Cc1ccc(CNC(=O)[C@H]2COc3ccc(NC(=O)c4cccc(Cl)c4)cc3C2)cc1. The number of carbonyl (C=O) groups is 2. The van der Waals surface area contributed by atoms with Crippen LogP contribution < -0.4 is 15.4 Å². The molecule has 2 amide bonds. The lowest BCUT2D eigenvalue weighted by Crippen LogP contribution is -2.37. The second-order valence-corrected chi connectivity index (χ2v) is 8.14. The summed E-state index contributed by atoms with van der Waals surface area (Å²) in [5, 5.41) is 6.37. The highest BCUT2D eigenvalue weighted by molar-refractivity contribution is 6.31. The van der Waals surface area contributed by atoms with E-state index in [1.54, 1.807) is 30.3 Å². The average Bonchev–Trinajstić information content (AvgIpc) is 2.78. The van der Waals surface area contributed by atoms with Gasteiger partial charge in [-0.3, -0.25) is 9.59 Å². The summed E-state index contributed by atoms with van der Waals surface area (Å²) in [6.45, 7) is 2.85. The lowest BCUT2D eigenvalue weighted by molar-refractivity contribution is -0.126. The summed E-state index contributed by atoms with van der Waals surface area (Å²) < 4.78 is 5.79. The van der Waals surface area contributed by atoms with Crippen molar-refractivity contribution in [2.75, 3.05) is 11.9 Å². The number of aryl methyl sites for hydroxylation is 1. The molecule has 6 heteroatoms. The number of carbonyl (C=O) groups excluding carboxylic acids is 2. The van der Waals surface area contributed by atoms with E-state index in [1.165, 1.54) is 5.56 Å². The van der Waals surface area contributed by atoms with E-state index in [0.717, 1.165) is 16.9 Å². The van der Waals surface area contributed by atoms with Gasteiger partial charge in [0.05, 0.1) is 5.92 Å². The zero-order chi connectivity index (χ0) is 21.8. The van der Waals surface area contributed by atoms with E-state index in [4.69, 9.17) is 16.3 Å². The number of rotatable bonds is 5. The zero-order valence-electron chi connectivity index (χ0n) is 17.2. The molecule has 5 nitrogen and oxygen atoms in total. The Labute approximate surface area is 186 Å². The third-order valence-corrected chi connectivity index (χ3v) is 5.50. The molecule has 0 saturated carbocycles. The highest BCUT2D eigenvalue weighted by atomic mass is 35.5. The summed E-state index contributed by atoms with van der Waals surface area (Å²) in [5.41, 5.74) is 4.27. The van der Waals surface area contributed by atoms with Gasteiger partial charge in [0.25, 0.3) is 5.91 Å². The first-order valence-corrected chi connectivity index (χ1v) is 10.5. The van der Waals surface area contributed by atoms with E-state index >= 15 is 0 Å². The van der Waals surface area contributed by atoms with Crippen LogP contribution in [-0.2, 0) is 17.8 Å². The van der Waals surface area contributed by atoms with Gasteiger partial charge in [0, 0.05) is 22.8 Å². The third kappa shape index (κ3) is 5.25. The standard InChI is InChI=1S/C25H23ClN2O3/c1-16-5-7-17(8-6-16)14-27-24(29)20-11-19-13-22(9-10-23(19)31-15-20)28-25(30)18-3-2-4-21(26)12-18/h2-10,12-13,20H,11,14-15H2,1H3,(H,27,29)(H,28,30)/t20-/m1/s1. The summed E-state index contributed by atoms with van der Waals surface area (Å²) in [5.74, 6) is 0.173. The molecule has 0 fully saturated rings. The van der Waals surface area contributed by atoms with E-state index in [9.17, 15) is 9.59 Å². The minimum absolute atomic E-state index is 0.0420. The predicted molar refractivity (Wildman–Crippen MR) is 122 cm³/mol. The molecule has 1 atom stereocenters. The largest absolute Gasteiger partial charge is 0.492 e. The lowest BCUT2D eigenvalue weighted by Gasteiger charge is -2.25. The molecule has 3 aromatic rings. The van der Waals surface area contributed by atoms with Crippen LogP contribution in [0.1, 0.15) is 27.0 Å². The van der Waals surface area contributed by atoms with Gasteiger partial charge in [-0.15, -0.1) is 0 Å². The van der Waals surface area contributed by atoms with Crippen molar-refractivity contribution in [1.82, 2.24) is 5.32 Å². The summed E-state index contributed by atoms with van der Waals surface area (Å²) in [4.78, 5) is 25.1. The van der Waals surface area contributed by atoms with Crippen LogP contribution in [0.3, 0.4) is 0 Å². The molecule has 2 N–H and O–H groups in total. The molecule has 0 saturated heterocycles. The fourth-order valence-electron chi connectivity index (χ4n) is 3.51. The maximum atomic E-state index is 12.7. The number of benzene rings is 3. The molecule has 3 aromatic carbocycles. The number of fused-ring (bicyclic) bond motifs is 1. The van der Waals surface area contributed by atoms with Gasteiger partial charge in [-0.1, -0.05) is 47.5 Å². The van der Waals surface area contributed by atoms with Gasteiger partial charge in [0.2, 0.25) is 5.91 Å². The summed E-state index contributed by atoms with van der Waals surface area (Å²) in [6.07, 6.45) is 0.552. The predicted octanol–water partition coefficient (Wildman–Crippen LogP) is 4.77. The molecule has 0 unspecified atom stereocenters. The van der Waals surface area contributed by atoms with E-state index in [0.29, 0.717) is 35.8 Å². The highest BCUT2D eigenvalue weighted by Gasteiger charge is 2.26. The molecule has 0 bridgehead atoms. The normalized spacial score (nSPS) is 14.8. The monoisotopic (exact) mass is 434 g/mol. The second kappa shape index (κ2) is 9.23. The van der Waals surface area contributed by atoms with Crippen LogP contribution in [0.4, 0.5) is 5.69 Å². The van der Waals surface area contributed by atoms with Crippen molar-refractivity contribution in [2.24, 2.45) is 5.92 Å². The molecule has 1 aliphatic heterocycles. The van der Waals surface area contributed by atoms with E-state index in [-0.39, 0.29) is 17.7 Å². The first kappa shape index (κ1) is 20.9. The van der Waals surface area contributed by atoms with Crippen LogP contribution in [0.2, 0.25) is 5.02 Å². The van der Waals surface area contributed by atoms with Crippen LogP contribution in [-0.4, -0.2) is 18.4 Å². The molecule has 158 valence electrons. The third-order valence-electron chi connectivity index (χ3n) is 5.27. The van der Waals surface area contributed by atoms with E-state index in [1.807, 2.05) is 43.3 Å². The van der Waals surface area contributed by atoms with Crippen molar-refractivity contribution in [3.05, 3.63) is 94.0 Å². The first-order valence-electron chi connectivity index (χ1n) is 10.1. The van der Waals surface area contributed by atoms with Crippen molar-refractivity contribution in [1.29, 1.82) is 0 Å². The molecule has 0 spiro atoms. The van der Waals surface area contributed by atoms with Gasteiger partial charge in [-0.2, -0.15) is 0 Å². The molecule has 0 aromatic heterocycles. The molecule has 0 radical (unpaired) electrons. The van der Waals surface area contributed by atoms with E-state index in [2.05, 4.69) is 10.6 Å². The zero-order valence-corrected chi connectivity index (χ0v) is 17.9. The summed E-state index contributed by atoms with van der Waals surface area (Å²) >= 11 is 5.97. The molecular formula is C25H23ClN2O3. The maximum absolute atomic E-state index is 12.7. The fraction of sp³-hybridized carbons (Fsp3) is 0.200. The van der Waals surface area contributed by atoms with Crippen LogP contribution in [0.25, 0.3) is 0 Å². The number of anilines is 1. The quantitative estimate of drug-likeness (QED) is 0.608. The van der Waals surface area contributed by atoms with Crippen molar-refractivity contribution in [3.8, 4) is 5.75 Å². The lowest BCUT2D eigenvalue weighted by atomic mass is 9.95. The fourth-order valence-corrected chi connectivity index (χ4v) is 3.70. The number of nitrogens with one attached hydrogen (secondary N) is 2. The molecule has 0 aliphatic carbocycles. The van der Waals surface area contributed by atoms with Crippen LogP contribution in [0, 0.1) is 12.8 Å². The van der Waals surface area contributed by atoms with Gasteiger partial charge in [-0.05, 0) is 60.9 Å². The highest BCUT2D eigenvalue weighted by Crippen LogP contribution is 2.30.